The van der Waals surface area contributed by atoms with Crippen LogP contribution in [0, 0.1) is 5.41 Å². The molecule has 0 aromatic heterocycles. The van der Waals surface area contributed by atoms with E-state index in [1.54, 1.807) is 29.2 Å². The molecule has 1 aromatic rings. The summed E-state index contributed by atoms with van der Waals surface area (Å²) in [5.74, 6) is -0.243. The number of ether oxygens (including phenoxy) is 2. The summed E-state index contributed by atoms with van der Waals surface area (Å²) >= 11 is 0. The van der Waals surface area contributed by atoms with Gasteiger partial charge in [-0.15, -0.1) is 0 Å². The first-order valence-electron chi connectivity index (χ1n) is 9.56. The van der Waals surface area contributed by atoms with Crippen molar-refractivity contribution in [2.24, 2.45) is 5.41 Å². The molecule has 3 saturated heterocycles. The predicted octanol–water partition coefficient (Wildman–Crippen LogP) is 1.35. The van der Waals surface area contributed by atoms with Crippen LogP contribution in [0.4, 0.5) is 0 Å². The largest absolute Gasteiger partial charge is 0.381 e. The summed E-state index contributed by atoms with van der Waals surface area (Å²) in [6.07, 6.45) is 2.78. The summed E-state index contributed by atoms with van der Waals surface area (Å²) in [6.45, 7) is 4.25. The predicted molar refractivity (Wildman–Crippen MR) is 99.0 cm³/mol. The summed E-state index contributed by atoms with van der Waals surface area (Å²) < 4.78 is 39.2. The molecule has 0 N–H and O–H groups in total. The van der Waals surface area contributed by atoms with Gasteiger partial charge in [0.1, 0.15) is 0 Å². The van der Waals surface area contributed by atoms with Gasteiger partial charge in [0.05, 0.1) is 30.3 Å². The van der Waals surface area contributed by atoms with E-state index in [1.807, 2.05) is 0 Å². The van der Waals surface area contributed by atoms with Crippen molar-refractivity contribution in [3.8, 4) is 0 Å². The maximum Gasteiger partial charge on any atom is 0.255 e. The molecule has 8 heteroatoms. The number of morpholine rings is 1. The fourth-order valence-electron chi connectivity index (χ4n) is 4.28. The number of rotatable bonds is 3. The number of carbonyl (C=O) groups is 1. The third-order valence-electron chi connectivity index (χ3n) is 5.84. The molecular formula is C19H26N2O5S. The summed E-state index contributed by atoms with van der Waals surface area (Å²) in [4.78, 5) is 14.7. The van der Waals surface area contributed by atoms with E-state index >= 15 is 0 Å². The van der Waals surface area contributed by atoms with Crippen LogP contribution >= 0.6 is 0 Å². The van der Waals surface area contributed by atoms with Crippen LogP contribution < -0.4 is 0 Å². The van der Waals surface area contributed by atoms with Crippen molar-refractivity contribution in [2.45, 2.75) is 24.2 Å². The highest BCUT2D eigenvalue weighted by molar-refractivity contribution is 7.89. The number of sulfonamides is 1. The van der Waals surface area contributed by atoms with Crippen LogP contribution in [0.3, 0.4) is 0 Å². The van der Waals surface area contributed by atoms with Gasteiger partial charge in [0.2, 0.25) is 10.0 Å². The number of amides is 1. The SMILES string of the molecule is O=C(c1ccccc1S(=O)(=O)N1CCC2(CCCOC2)C1)N1CCOCC1. The highest BCUT2D eigenvalue weighted by Gasteiger charge is 2.44. The Morgan fingerprint density at radius 2 is 1.78 bits per heavy atom. The van der Waals surface area contributed by atoms with Gasteiger partial charge in [-0.05, 0) is 31.4 Å². The summed E-state index contributed by atoms with van der Waals surface area (Å²) in [5, 5.41) is 0. The first kappa shape index (κ1) is 18.9. The van der Waals surface area contributed by atoms with Crippen molar-refractivity contribution in [3.05, 3.63) is 29.8 Å². The first-order chi connectivity index (χ1) is 13.0. The van der Waals surface area contributed by atoms with Gasteiger partial charge in [0.25, 0.3) is 5.91 Å². The van der Waals surface area contributed by atoms with Crippen molar-refractivity contribution in [1.29, 1.82) is 0 Å². The summed E-state index contributed by atoms with van der Waals surface area (Å²) in [6, 6.07) is 6.55. The third kappa shape index (κ3) is 3.63. The molecule has 7 nitrogen and oxygen atoms in total. The lowest BCUT2D eigenvalue weighted by Gasteiger charge is -2.33. The molecular weight excluding hydrogens is 368 g/mol. The van der Waals surface area contributed by atoms with Crippen LogP contribution in [0.15, 0.2) is 29.2 Å². The number of hydrogen-bond donors (Lipinski definition) is 0. The quantitative estimate of drug-likeness (QED) is 0.774. The highest BCUT2D eigenvalue weighted by Crippen LogP contribution is 2.40. The van der Waals surface area contributed by atoms with Crippen LogP contribution in [0.5, 0.6) is 0 Å². The van der Waals surface area contributed by atoms with E-state index in [0.29, 0.717) is 46.0 Å². The Labute approximate surface area is 160 Å². The highest BCUT2D eigenvalue weighted by atomic mass is 32.2. The summed E-state index contributed by atoms with van der Waals surface area (Å²) in [7, 11) is -3.73. The minimum absolute atomic E-state index is 0.0749. The molecule has 3 fully saturated rings. The van der Waals surface area contributed by atoms with Crippen molar-refractivity contribution in [2.75, 3.05) is 52.6 Å². The second-order valence-electron chi connectivity index (χ2n) is 7.65. The van der Waals surface area contributed by atoms with Gasteiger partial charge in [-0.1, -0.05) is 12.1 Å². The Kier molecular flexibility index (Phi) is 5.24. The Morgan fingerprint density at radius 1 is 1.00 bits per heavy atom. The minimum Gasteiger partial charge on any atom is -0.381 e. The molecule has 1 amide bonds. The molecule has 1 spiro atoms. The van der Waals surface area contributed by atoms with Crippen molar-refractivity contribution < 1.29 is 22.7 Å². The molecule has 148 valence electrons. The Bertz CT molecular complexity index is 798. The molecule has 3 aliphatic heterocycles. The Balaban J connectivity index is 1.60. The maximum atomic E-state index is 13.4. The molecule has 3 aliphatic rings. The zero-order valence-electron chi connectivity index (χ0n) is 15.4. The minimum atomic E-state index is -3.73. The Hall–Kier alpha value is -1.48. The zero-order chi connectivity index (χ0) is 18.9. The zero-order valence-corrected chi connectivity index (χ0v) is 16.2. The lowest BCUT2D eigenvalue weighted by molar-refractivity contribution is 0.000895. The maximum absolute atomic E-state index is 13.4. The van der Waals surface area contributed by atoms with E-state index in [0.717, 1.165) is 25.9 Å². The van der Waals surface area contributed by atoms with Crippen LogP contribution in [0.2, 0.25) is 0 Å². The van der Waals surface area contributed by atoms with Crippen LogP contribution in [-0.2, 0) is 19.5 Å². The smallest absolute Gasteiger partial charge is 0.255 e. The van der Waals surface area contributed by atoms with Gasteiger partial charge in [-0.25, -0.2) is 8.42 Å². The molecule has 0 aliphatic carbocycles. The fraction of sp³-hybridized carbons (Fsp3) is 0.632. The van der Waals surface area contributed by atoms with Crippen molar-refractivity contribution >= 4 is 15.9 Å². The van der Waals surface area contributed by atoms with E-state index in [2.05, 4.69) is 0 Å². The van der Waals surface area contributed by atoms with Gasteiger partial charge >= 0.3 is 0 Å². The van der Waals surface area contributed by atoms with Gasteiger partial charge in [0, 0.05) is 38.2 Å². The summed E-state index contributed by atoms with van der Waals surface area (Å²) in [5.41, 5.74) is 0.175. The number of carbonyl (C=O) groups excluding carboxylic acids is 1. The van der Waals surface area contributed by atoms with Gasteiger partial charge in [-0.3, -0.25) is 4.79 Å². The lowest BCUT2D eigenvalue weighted by atomic mass is 9.82. The monoisotopic (exact) mass is 394 g/mol. The van der Waals surface area contributed by atoms with Crippen molar-refractivity contribution in [1.82, 2.24) is 9.21 Å². The van der Waals surface area contributed by atoms with Gasteiger partial charge in [0.15, 0.2) is 0 Å². The second-order valence-corrected chi connectivity index (χ2v) is 9.55. The number of benzene rings is 1. The molecule has 0 saturated carbocycles. The van der Waals surface area contributed by atoms with Gasteiger partial charge < -0.3 is 14.4 Å². The lowest BCUT2D eigenvalue weighted by Crippen LogP contribution is -2.42. The molecule has 1 aromatic carbocycles. The normalized spacial score (nSPS) is 27.2. The second kappa shape index (κ2) is 7.50. The number of nitrogens with zero attached hydrogens (tertiary/aromatic N) is 2. The van der Waals surface area contributed by atoms with E-state index < -0.39 is 10.0 Å². The van der Waals surface area contributed by atoms with Crippen LogP contribution in [0.25, 0.3) is 0 Å². The average molecular weight is 394 g/mol. The van der Waals surface area contributed by atoms with E-state index in [4.69, 9.17) is 9.47 Å². The molecule has 27 heavy (non-hydrogen) atoms. The van der Waals surface area contributed by atoms with Crippen LogP contribution in [0.1, 0.15) is 29.6 Å². The average Bonchev–Trinajstić information content (AvgIpc) is 3.13. The number of hydrogen-bond acceptors (Lipinski definition) is 5. The van der Waals surface area contributed by atoms with Crippen molar-refractivity contribution in [3.63, 3.8) is 0 Å². The van der Waals surface area contributed by atoms with E-state index in [9.17, 15) is 13.2 Å². The third-order valence-corrected chi connectivity index (χ3v) is 7.74. The topological polar surface area (TPSA) is 76.2 Å². The first-order valence-corrected chi connectivity index (χ1v) is 11.0. The molecule has 0 bridgehead atoms. The van der Waals surface area contributed by atoms with E-state index in [-0.39, 0.29) is 21.8 Å². The fourth-order valence-corrected chi connectivity index (χ4v) is 6.01. The van der Waals surface area contributed by atoms with Gasteiger partial charge in [-0.2, -0.15) is 4.31 Å². The molecule has 1 unspecified atom stereocenters. The standard InChI is InChI=1S/C19H26N2O5S/c22-18(20-9-12-25-13-10-20)16-4-1-2-5-17(16)27(23,24)21-8-7-19(14-21)6-3-11-26-15-19/h1-2,4-5H,3,6-15H2. The molecule has 0 radical (unpaired) electrons. The molecule has 1 atom stereocenters. The Morgan fingerprint density at radius 3 is 2.52 bits per heavy atom. The molecule has 3 heterocycles. The molecule has 4 rings (SSSR count). The van der Waals surface area contributed by atoms with E-state index in [1.165, 1.54) is 4.31 Å². The van der Waals surface area contributed by atoms with Crippen LogP contribution in [-0.4, -0.2) is 76.1 Å².